The zero-order valence-corrected chi connectivity index (χ0v) is 7.22. The third-order valence-electron chi connectivity index (χ3n) is 1.61. The van der Waals surface area contributed by atoms with Gasteiger partial charge in [-0.25, -0.2) is 9.97 Å². The lowest BCUT2D eigenvalue weighted by molar-refractivity contribution is 0.0998. The molecular formula is C7H7N5O. The largest absolute Gasteiger partial charge is 0.347 e. The van der Waals surface area contributed by atoms with Gasteiger partial charge < -0.3 is 4.90 Å². The summed E-state index contributed by atoms with van der Waals surface area (Å²) in [5.74, 6) is 0.0832. The van der Waals surface area contributed by atoms with E-state index in [4.69, 9.17) is 0 Å². The molecule has 66 valence electrons. The summed E-state index contributed by atoms with van der Waals surface area (Å²) < 4.78 is 0. The predicted molar refractivity (Wildman–Crippen MR) is 45.2 cm³/mol. The summed E-state index contributed by atoms with van der Waals surface area (Å²) in [6.45, 7) is 0. The first-order chi connectivity index (χ1) is 6.18. The zero-order chi connectivity index (χ0) is 9.42. The number of nitrogens with zero attached hydrogens (tertiary/aromatic N) is 5. The van der Waals surface area contributed by atoms with Gasteiger partial charge in [0.05, 0.1) is 6.20 Å². The van der Waals surface area contributed by atoms with Crippen molar-refractivity contribution >= 4 is 17.5 Å². The molecule has 0 aliphatic carbocycles. The van der Waals surface area contributed by atoms with Crippen LogP contribution in [0.2, 0.25) is 0 Å². The van der Waals surface area contributed by atoms with E-state index in [1.165, 1.54) is 6.20 Å². The number of carbonyl (C=O) groups excluding carboxylic acids is 1. The number of amides is 1. The van der Waals surface area contributed by atoms with Gasteiger partial charge in [0.2, 0.25) is 5.95 Å². The number of carbonyl (C=O) groups is 1. The highest BCUT2D eigenvalue weighted by atomic mass is 16.2. The van der Waals surface area contributed by atoms with E-state index in [0.29, 0.717) is 11.6 Å². The second-order valence-corrected chi connectivity index (χ2v) is 2.80. The monoisotopic (exact) mass is 177 g/mol. The third kappa shape index (κ3) is 1.16. The maximum atomic E-state index is 11.1. The summed E-state index contributed by atoms with van der Waals surface area (Å²) in [5.41, 5.74) is 0.717. The molecule has 13 heavy (non-hydrogen) atoms. The van der Waals surface area contributed by atoms with E-state index >= 15 is 0 Å². The molecule has 1 aromatic rings. The number of anilines is 1. The van der Waals surface area contributed by atoms with Crippen LogP contribution in [0.25, 0.3) is 0 Å². The van der Waals surface area contributed by atoms with Gasteiger partial charge in [0.25, 0.3) is 0 Å². The smallest absolute Gasteiger partial charge is 0.316 e. The topological polar surface area (TPSA) is 70.8 Å². The number of hydrogen-bond acceptors (Lipinski definition) is 5. The number of rotatable bonds is 1. The van der Waals surface area contributed by atoms with E-state index in [-0.39, 0.29) is 5.69 Å². The van der Waals surface area contributed by atoms with Crippen LogP contribution >= 0.6 is 0 Å². The van der Waals surface area contributed by atoms with Gasteiger partial charge in [-0.2, -0.15) is 0 Å². The first kappa shape index (κ1) is 7.78. The predicted octanol–water partition coefficient (Wildman–Crippen LogP) is 0.780. The van der Waals surface area contributed by atoms with Gasteiger partial charge in [-0.05, 0) is 0 Å². The Morgan fingerprint density at radius 3 is 2.77 bits per heavy atom. The van der Waals surface area contributed by atoms with E-state index in [1.54, 1.807) is 19.0 Å². The molecule has 1 aliphatic heterocycles. The average molecular weight is 177 g/mol. The van der Waals surface area contributed by atoms with Crippen molar-refractivity contribution in [2.24, 2.45) is 10.2 Å². The highest BCUT2D eigenvalue weighted by Gasteiger charge is 2.20. The molecule has 2 rings (SSSR count). The molecule has 1 aromatic heterocycles. The molecule has 0 fully saturated rings. The van der Waals surface area contributed by atoms with Crippen LogP contribution in [-0.4, -0.2) is 30.0 Å². The standard InChI is InChI=1S/C7H7N5O/c1-12(2)7-8-3-4-5(9-7)6(13)11-10-4/h3H,1-2H3. The van der Waals surface area contributed by atoms with Crippen LogP contribution in [0.15, 0.2) is 16.4 Å². The average Bonchev–Trinajstić information content (AvgIpc) is 2.47. The van der Waals surface area contributed by atoms with Crippen LogP contribution < -0.4 is 4.90 Å². The quantitative estimate of drug-likeness (QED) is 0.635. The molecule has 1 amide bonds. The number of fused-ring (bicyclic) bond motifs is 1. The van der Waals surface area contributed by atoms with Crippen molar-refractivity contribution in [3.05, 3.63) is 11.9 Å². The molecular weight excluding hydrogens is 170 g/mol. The van der Waals surface area contributed by atoms with Gasteiger partial charge in [-0.1, -0.05) is 0 Å². The Balaban J connectivity index is 2.51. The molecule has 0 spiro atoms. The van der Waals surface area contributed by atoms with Crippen molar-refractivity contribution in [3.63, 3.8) is 0 Å². The van der Waals surface area contributed by atoms with E-state index in [0.717, 1.165) is 0 Å². The highest BCUT2D eigenvalue weighted by molar-refractivity contribution is 5.99. The number of hydrogen-bond donors (Lipinski definition) is 0. The van der Waals surface area contributed by atoms with Gasteiger partial charge in [0.15, 0.2) is 5.69 Å². The first-order valence-electron chi connectivity index (χ1n) is 3.69. The Kier molecular flexibility index (Phi) is 1.54. The molecule has 0 unspecified atom stereocenters. The third-order valence-corrected chi connectivity index (χ3v) is 1.61. The minimum Gasteiger partial charge on any atom is -0.347 e. The van der Waals surface area contributed by atoms with Crippen LogP contribution in [0.3, 0.4) is 0 Å². The van der Waals surface area contributed by atoms with Crippen molar-refractivity contribution in [3.8, 4) is 0 Å². The normalized spacial score (nSPS) is 13.2. The Morgan fingerprint density at radius 1 is 1.31 bits per heavy atom. The van der Waals surface area contributed by atoms with Crippen molar-refractivity contribution < 1.29 is 4.79 Å². The second-order valence-electron chi connectivity index (χ2n) is 2.80. The van der Waals surface area contributed by atoms with Gasteiger partial charge in [-0.15, -0.1) is 10.2 Å². The first-order valence-corrected chi connectivity index (χ1v) is 3.69. The Morgan fingerprint density at radius 2 is 2.08 bits per heavy atom. The molecule has 6 nitrogen and oxygen atoms in total. The fraction of sp³-hybridized carbons (Fsp3) is 0.286. The molecule has 0 saturated heterocycles. The van der Waals surface area contributed by atoms with Crippen molar-refractivity contribution in [1.29, 1.82) is 0 Å². The van der Waals surface area contributed by atoms with Crippen molar-refractivity contribution in [2.45, 2.75) is 0 Å². The van der Waals surface area contributed by atoms with E-state index < -0.39 is 5.91 Å². The van der Waals surface area contributed by atoms with Gasteiger partial charge in [0.1, 0.15) is 5.69 Å². The van der Waals surface area contributed by atoms with E-state index in [2.05, 4.69) is 20.2 Å². The maximum absolute atomic E-state index is 11.1. The molecule has 6 heteroatoms. The van der Waals surface area contributed by atoms with Crippen LogP contribution in [0.4, 0.5) is 11.6 Å². The summed E-state index contributed by atoms with van der Waals surface area (Å²) in [7, 11) is 3.60. The summed E-state index contributed by atoms with van der Waals surface area (Å²) in [4.78, 5) is 20.8. The van der Waals surface area contributed by atoms with Crippen molar-refractivity contribution in [2.75, 3.05) is 19.0 Å². The Labute approximate surface area is 74.3 Å². The van der Waals surface area contributed by atoms with Crippen LogP contribution in [-0.2, 0) is 0 Å². The van der Waals surface area contributed by atoms with Crippen LogP contribution in [0.5, 0.6) is 0 Å². The Bertz CT molecular complexity index is 398. The lowest BCUT2D eigenvalue weighted by Gasteiger charge is -2.08. The minimum absolute atomic E-state index is 0.277. The van der Waals surface area contributed by atoms with Gasteiger partial charge in [0, 0.05) is 14.1 Å². The highest BCUT2D eigenvalue weighted by Crippen LogP contribution is 2.24. The number of aromatic nitrogens is 2. The zero-order valence-electron chi connectivity index (χ0n) is 7.22. The SMILES string of the molecule is CN(C)c1ncc2c(n1)C(=O)N=N2. The number of azo groups is 1. The molecule has 0 bridgehead atoms. The lowest BCUT2D eigenvalue weighted by atomic mass is 10.3. The molecule has 0 atom stereocenters. The van der Waals surface area contributed by atoms with Gasteiger partial charge >= 0.3 is 5.91 Å². The van der Waals surface area contributed by atoms with E-state index in [9.17, 15) is 4.79 Å². The molecule has 1 aliphatic rings. The second kappa shape index (κ2) is 2.58. The summed E-state index contributed by atoms with van der Waals surface area (Å²) >= 11 is 0. The van der Waals surface area contributed by atoms with Crippen LogP contribution in [0.1, 0.15) is 10.5 Å². The minimum atomic E-state index is -0.402. The van der Waals surface area contributed by atoms with E-state index in [1.807, 2.05) is 0 Å². The van der Waals surface area contributed by atoms with Crippen molar-refractivity contribution in [1.82, 2.24) is 9.97 Å². The molecule has 0 radical (unpaired) electrons. The summed E-state index contributed by atoms with van der Waals surface area (Å²) in [5, 5.41) is 6.98. The fourth-order valence-corrected chi connectivity index (χ4v) is 0.959. The maximum Gasteiger partial charge on any atom is 0.316 e. The summed E-state index contributed by atoms with van der Waals surface area (Å²) in [6, 6.07) is 0. The molecule has 0 saturated carbocycles. The fourth-order valence-electron chi connectivity index (χ4n) is 0.959. The molecule has 0 aromatic carbocycles. The summed E-state index contributed by atoms with van der Waals surface area (Å²) in [6.07, 6.45) is 1.49. The lowest BCUT2D eigenvalue weighted by Crippen LogP contribution is -2.13. The Hall–Kier alpha value is -1.85. The molecule has 0 N–H and O–H groups in total. The molecule has 2 heterocycles. The van der Waals surface area contributed by atoms with Crippen LogP contribution in [0, 0.1) is 0 Å². The van der Waals surface area contributed by atoms with Gasteiger partial charge in [-0.3, -0.25) is 4.79 Å².